The topological polar surface area (TPSA) is 26.0 Å². The molecule has 0 aliphatic heterocycles. The minimum atomic E-state index is -0.181. The van der Waals surface area contributed by atoms with E-state index >= 15 is 0 Å². The van der Waals surface area contributed by atoms with Crippen molar-refractivity contribution in [3.05, 3.63) is 33.1 Å². The van der Waals surface area contributed by atoms with Gasteiger partial charge in [0.15, 0.2) is 0 Å². The van der Waals surface area contributed by atoms with Gasteiger partial charge in [0, 0.05) is 15.2 Å². The molecule has 0 amide bonds. The average Bonchev–Trinajstić information content (AvgIpc) is 2.22. The molecule has 2 N–H and O–H groups in total. The molecule has 92 valence electrons. The minimum absolute atomic E-state index is 0. The summed E-state index contributed by atoms with van der Waals surface area (Å²) in [4.78, 5) is 0. The van der Waals surface area contributed by atoms with Crippen molar-refractivity contribution in [1.29, 1.82) is 0 Å². The van der Waals surface area contributed by atoms with E-state index in [1.807, 2.05) is 6.07 Å². The van der Waals surface area contributed by atoms with Crippen molar-refractivity contribution in [2.75, 3.05) is 0 Å². The number of halogens is 3. The van der Waals surface area contributed by atoms with Crippen molar-refractivity contribution in [1.82, 2.24) is 0 Å². The summed E-state index contributed by atoms with van der Waals surface area (Å²) in [7, 11) is 0. The first-order valence-electron chi connectivity index (χ1n) is 5.35. The lowest BCUT2D eigenvalue weighted by atomic mass is 10.0. The first-order valence-corrected chi connectivity index (χ1v) is 6.43. The molecule has 0 radical (unpaired) electrons. The standard InChI is InChI=1S/C12H17FIN.ClH/c1-2-3-4-5-12(15)10-8-9(14)6-7-11(10)13;/h6-8,12H,2-5,15H2,1H3;1H/t12-;/m0./s1. The summed E-state index contributed by atoms with van der Waals surface area (Å²) in [5.74, 6) is -0.181. The SMILES string of the molecule is CCCCC[C@H](N)c1cc(I)ccc1F.Cl. The Morgan fingerprint density at radius 3 is 2.69 bits per heavy atom. The van der Waals surface area contributed by atoms with E-state index in [0.29, 0.717) is 5.56 Å². The van der Waals surface area contributed by atoms with E-state index in [1.165, 1.54) is 18.9 Å². The van der Waals surface area contributed by atoms with Gasteiger partial charge in [-0.05, 0) is 47.2 Å². The maximum absolute atomic E-state index is 13.4. The molecule has 0 spiro atoms. The molecule has 0 heterocycles. The Bertz CT molecular complexity index is 320. The van der Waals surface area contributed by atoms with Gasteiger partial charge in [-0.3, -0.25) is 0 Å². The van der Waals surface area contributed by atoms with Gasteiger partial charge in [0.2, 0.25) is 0 Å². The lowest BCUT2D eigenvalue weighted by molar-refractivity contribution is 0.538. The van der Waals surface area contributed by atoms with Crippen LogP contribution in [0.1, 0.15) is 44.2 Å². The fourth-order valence-electron chi connectivity index (χ4n) is 1.57. The van der Waals surface area contributed by atoms with E-state index in [4.69, 9.17) is 5.73 Å². The lowest BCUT2D eigenvalue weighted by Gasteiger charge is -2.12. The first kappa shape index (κ1) is 16.1. The van der Waals surface area contributed by atoms with Crippen LogP contribution in [0.2, 0.25) is 0 Å². The van der Waals surface area contributed by atoms with Gasteiger partial charge in [-0.25, -0.2) is 4.39 Å². The molecule has 0 saturated carbocycles. The maximum Gasteiger partial charge on any atom is 0.128 e. The Labute approximate surface area is 117 Å². The van der Waals surface area contributed by atoms with Crippen LogP contribution in [0.5, 0.6) is 0 Å². The van der Waals surface area contributed by atoms with Gasteiger partial charge in [-0.15, -0.1) is 12.4 Å². The quantitative estimate of drug-likeness (QED) is 0.612. The molecule has 0 bridgehead atoms. The first-order chi connectivity index (χ1) is 7.15. The Hall–Kier alpha value is 0.130. The normalized spacial score (nSPS) is 12.0. The highest BCUT2D eigenvalue weighted by molar-refractivity contribution is 14.1. The zero-order valence-corrected chi connectivity index (χ0v) is 12.4. The largest absolute Gasteiger partial charge is 0.324 e. The van der Waals surface area contributed by atoms with Crippen molar-refractivity contribution in [2.24, 2.45) is 5.73 Å². The highest BCUT2D eigenvalue weighted by Crippen LogP contribution is 2.22. The monoisotopic (exact) mass is 357 g/mol. The summed E-state index contributed by atoms with van der Waals surface area (Å²) in [5.41, 5.74) is 6.61. The summed E-state index contributed by atoms with van der Waals surface area (Å²) in [5, 5.41) is 0. The van der Waals surface area contributed by atoms with E-state index in [0.717, 1.165) is 16.4 Å². The number of unbranched alkanes of at least 4 members (excludes halogenated alkanes) is 2. The number of hydrogen-bond donors (Lipinski definition) is 1. The van der Waals surface area contributed by atoms with Crippen molar-refractivity contribution in [2.45, 2.75) is 38.6 Å². The molecule has 0 aromatic heterocycles. The number of nitrogens with two attached hydrogens (primary N) is 1. The van der Waals surface area contributed by atoms with E-state index < -0.39 is 0 Å². The van der Waals surface area contributed by atoms with Crippen LogP contribution in [0.4, 0.5) is 4.39 Å². The van der Waals surface area contributed by atoms with Crippen molar-refractivity contribution in [3.8, 4) is 0 Å². The Balaban J connectivity index is 0.00000225. The number of hydrogen-bond acceptors (Lipinski definition) is 1. The Kier molecular flexibility index (Phi) is 8.32. The zero-order valence-electron chi connectivity index (χ0n) is 9.38. The molecule has 1 nitrogen and oxygen atoms in total. The van der Waals surface area contributed by atoms with Crippen LogP contribution < -0.4 is 5.73 Å². The molecular formula is C12H18ClFIN. The highest BCUT2D eigenvalue weighted by Gasteiger charge is 2.11. The summed E-state index contributed by atoms with van der Waals surface area (Å²) in [6.07, 6.45) is 4.27. The van der Waals surface area contributed by atoms with Crippen LogP contribution in [-0.4, -0.2) is 0 Å². The summed E-state index contributed by atoms with van der Waals surface area (Å²) < 4.78 is 14.5. The van der Waals surface area contributed by atoms with Gasteiger partial charge in [-0.1, -0.05) is 26.2 Å². The van der Waals surface area contributed by atoms with Gasteiger partial charge >= 0.3 is 0 Å². The zero-order chi connectivity index (χ0) is 11.3. The van der Waals surface area contributed by atoms with Crippen LogP contribution >= 0.6 is 35.0 Å². The predicted octanol–water partition coefficient (Wildman–Crippen LogP) is 4.43. The summed E-state index contributed by atoms with van der Waals surface area (Å²) in [6, 6.07) is 4.94. The van der Waals surface area contributed by atoms with Crippen LogP contribution in [-0.2, 0) is 0 Å². The molecular weight excluding hydrogens is 339 g/mol. The van der Waals surface area contributed by atoms with Crippen LogP contribution in [0.15, 0.2) is 18.2 Å². The molecule has 1 aromatic carbocycles. The molecule has 0 aliphatic rings. The molecule has 1 aromatic rings. The maximum atomic E-state index is 13.4. The fraction of sp³-hybridized carbons (Fsp3) is 0.500. The van der Waals surface area contributed by atoms with Gasteiger partial charge in [0.1, 0.15) is 5.82 Å². The van der Waals surface area contributed by atoms with Crippen molar-refractivity contribution >= 4 is 35.0 Å². The lowest BCUT2D eigenvalue weighted by Crippen LogP contribution is -2.12. The van der Waals surface area contributed by atoms with Crippen LogP contribution in [0, 0.1) is 9.39 Å². The van der Waals surface area contributed by atoms with Gasteiger partial charge in [0.25, 0.3) is 0 Å². The molecule has 0 aliphatic carbocycles. The molecule has 1 rings (SSSR count). The second-order valence-corrected chi connectivity index (χ2v) is 5.01. The second-order valence-electron chi connectivity index (χ2n) is 3.77. The van der Waals surface area contributed by atoms with E-state index in [2.05, 4.69) is 29.5 Å². The molecule has 4 heteroatoms. The third-order valence-electron chi connectivity index (χ3n) is 2.48. The Morgan fingerprint density at radius 2 is 2.06 bits per heavy atom. The predicted molar refractivity (Wildman–Crippen MR) is 77.4 cm³/mol. The van der Waals surface area contributed by atoms with Crippen molar-refractivity contribution in [3.63, 3.8) is 0 Å². The molecule has 16 heavy (non-hydrogen) atoms. The average molecular weight is 358 g/mol. The van der Waals surface area contributed by atoms with Gasteiger partial charge in [0.05, 0.1) is 0 Å². The van der Waals surface area contributed by atoms with E-state index in [9.17, 15) is 4.39 Å². The summed E-state index contributed by atoms with van der Waals surface area (Å²) in [6.45, 7) is 2.15. The molecule has 0 unspecified atom stereocenters. The van der Waals surface area contributed by atoms with Crippen LogP contribution in [0.3, 0.4) is 0 Å². The van der Waals surface area contributed by atoms with Crippen LogP contribution in [0.25, 0.3) is 0 Å². The second kappa shape index (κ2) is 8.25. The van der Waals surface area contributed by atoms with E-state index in [-0.39, 0.29) is 24.3 Å². The highest BCUT2D eigenvalue weighted by atomic mass is 127. The molecule has 0 fully saturated rings. The molecule has 0 saturated heterocycles. The third-order valence-corrected chi connectivity index (χ3v) is 3.15. The smallest absolute Gasteiger partial charge is 0.128 e. The number of benzene rings is 1. The third kappa shape index (κ3) is 4.97. The van der Waals surface area contributed by atoms with Gasteiger partial charge < -0.3 is 5.73 Å². The molecule has 1 atom stereocenters. The van der Waals surface area contributed by atoms with Gasteiger partial charge in [-0.2, -0.15) is 0 Å². The minimum Gasteiger partial charge on any atom is -0.324 e. The Morgan fingerprint density at radius 1 is 1.38 bits per heavy atom. The number of rotatable bonds is 5. The van der Waals surface area contributed by atoms with E-state index in [1.54, 1.807) is 6.07 Å². The summed E-state index contributed by atoms with van der Waals surface area (Å²) >= 11 is 2.18. The van der Waals surface area contributed by atoms with Crippen molar-refractivity contribution < 1.29 is 4.39 Å². The fourth-order valence-corrected chi connectivity index (χ4v) is 2.08.